The number of rotatable bonds is 7. The van der Waals surface area contributed by atoms with Crippen molar-refractivity contribution in [3.05, 3.63) is 22.8 Å². The summed E-state index contributed by atoms with van der Waals surface area (Å²) >= 11 is 1.87. The van der Waals surface area contributed by atoms with E-state index in [4.69, 9.17) is 0 Å². The van der Waals surface area contributed by atoms with Crippen molar-refractivity contribution >= 4 is 11.8 Å². The molecule has 1 N–H and O–H groups in total. The summed E-state index contributed by atoms with van der Waals surface area (Å²) in [4.78, 5) is 9.19. The third-order valence-electron chi connectivity index (χ3n) is 2.76. The lowest BCUT2D eigenvalue weighted by atomic mass is 10.1. The maximum atomic E-state index is 4.60. The SMILES string of the molecule is CCSCc1nc(C)c(CNCC(C)C)c(C)n1. The van der Waals surface area contributed by atoms with E-state index in [-0.39, 0.29) is 0 Å². The highest BCUT2D eigenvalue weighted by atomic mass is 32.2. The zero-order chi connectivity index (χ0) is 13.5. The fourth-order valence-electron chi connectivity index (χ4n) is 1.81. The van der Waals surface area contributed by atoms with Gasteiger partial charge in [0, 0.05) is 23.5 Å². The molecule has 1 aromatic rings. The largest absolute Gasteiger partial charge is 0.312 e. The minimum Gasteiger partial charge on any atom is -0.312 e. The molecule has 4 heteroatoms. The number of nitrogens with zero attached hydrogens (tertiary/aromatic N) is 2. The molecule has 102 valence electrons. The van der Waals surface area contributed by atoms with E-state index in [1.807, 2.05) is 11.8 Å². The molecule has 0 radical (unpaired) electrons. The molecular formula is C14H25N3S. The molecule has 0 aliphatic rings. The van der Waals surface area contributed by atoms with Crippen LogP contribution >= 0.6 is 11.8 Å². The first-order valence-electron chi connectivity index (χ1n) is 6.66. The first-order valence-corrected chi connectivity index (χ1v) is 7.81. The summed E-state index contributed by atoms with van der Waals surface area (Å²) in [5, 5.41) is 3.46. The third kappa shape index (κ3) is 4.94. The molecule has 0 fully saturated rings. The second kappa shape index (κ2) is 7.74. The van der Waals surface area contributed by atoms with Crippen LogP contribution in [-0.4, -0.2) is 22.3 Å². The van der Waals surface area contributed by atoms with Crippen molar-refractivity contribution in [2.75, 3.05) is 12.3 Å². The first-order chi connectivity index (χ1) is 8.54. The van der Waals surface area contributed by atoms with Crippen LogP contribution in [0.3, 0.4) is 0 Å². The summed E-state index contributed by atoms with van der Waals surface area (Å²) in [6.07, 6.45) is 0. The molecule has 0 spiro atoms. The number of nitrogens with one attached hydrogen (secondary N) is 1. The molecular weight excluding hydrogens is 242 g/mol. The molecule has 0 bridgehead atoms. The van der Waals surface area contributed by atoms with Gasteiger partial charge in [0.15, 0.2) is 0 Å². The molecule has 0 aliphatic heterocycles. The normalized spacial score (nSPS) is 11.2. The average Bonchev–Trinajstić information content (AvgIpc) is 2.29. The van der Waals surface area contributed by atoms with Gasteiger partial charge < -0.3 is 5.32 Å². The van der Waals surface area contributed by atoms with E-state index >= 15 is 0 Å². The van der Waals surface area contributed by atoms with E-state index in [2.05, 4.69) is 49.9 Å². The Bertz CT molecular complexity index is 354. The van der Waals surface area contributed by atoms with Crippen molar-refractivity contribution in [3.8, 4) is 0 Å². The van der Waals surface area contributed by atoms with Crippen LogP contribution in [-0.2, 0) is 12.3 Å². The highest BCUT2D eigenvalue weighted by Crippen LogP contribution is 2.14. The second-order valence-electron chi connectivity index (χ2n) is 4.95. The van der Waals surface area contributed by atoms with Crippen LogP contribution in [0, 0.1) is 19.8 Å². The summed E-state index contributed by atoms with van der Waals surface area (Å²) in [5.74, 6) is 3.66. The molecule has 18 heavy (non-hydrogen) atoms. The van der Waals surface area contributed by atoms with Crippen LogP contribution in [0.15, 0.2) is 0 Å². The van der Waals surface area contributed by atoms with Gasteiger partial charge in [-0.05, 0) is 32.1 Å². The lowest BCUT2D eigenvalue weighted by molar-refractivity contribution is 0.548. The van der Waals surface area contributed by atoms with Crippen LogP contribution in [0.5, 0.6) is 0 Å². The highest BCUT2D eigenvalue weighted by Gasteiger charge is 2.08. The molecule has 0 aliphatic carbocycles. The Hall–Kier alpha value is -0.610. The van der Waals surface area contributed by atoms with Gasteiger partial charge in [0.1, 0.15) is 5.82 Å². The zero-order valence-electron chi connectivity index (χ0n) is 12.2. The molecule has 0 atom stereocenters. The molecule has 1 aromatic heterocycles. The smallest absolute Gasteiger partial charge is 0.138 e. The molecule has 3 nitrogen and oxygen atoms in total. The summed E-state index contributed by atoms with van der Waals surface area (Å²) in [6.45, 7) is 12.7. The number of thioether (sulfide) groups is 1. The Labute approximate surface area is 115 Å². The number of hydrogen-bond acceptors (Lipinski definition) is 4. The summed E-state index contributed by atoms with van der Waals surface area (Å²) in [5.41, 5.74) is 3.48. The van der Waals surface area contributed by atoms with Gasteiger partial charge in [-0.1, -0.05) is 20.8 Å². The molecule has 0 unspecified atom stereocenters. The van der Waals surface area contributed by atoms with Gasteiger partial charge in [-0.15, -0.1) is 0 Å². The van der Waals surface area contributed by atoms with E-state index < -0.39 is 0 Å². The third-order valence-corrected chi connectivity index (χ3v) is 3.63. The lowest BCUT2D eigenvalue weighted by Crippen LogP contribution is -2.21. The van der Waals surface area contributed by atoms with Gasteiger partial charge in [0.25, 0.3) is 0 Å². The van der Waals surface area contributed by atoms with Crippen LogP contribution in [0.25, 0.3) is 0 Å². The molecule has 0 saturated heterocycles. The summed E-state index contributed by atoms with van der Waals surface area (Å²) in [6, 6.07) is 0. The Morgan fingerprint density at radius 1 is 1.17 bits per heavy atom. The van der Waals surface area contributed by atoms with Crippen molar-refractivity contribution in [2.45, 2.75) is 46.9 Å². The van der Waals surface area contributed by atoms with Crippen molar-refractivity contribution in [2.24, 2.45) is 5.92 Å². The van der Waals surface area contributed by atoms with Crippen LogP contribution in [0.2, 0.25) is 0 Å². The van der Waals surface area contributed by atoms with Crippen LogP contribution in [0.4, 0.5) is 0 Å². The maximum absolute atomic E-state index is 4.60. The Balaban J connectivity index is 2.68. The minimum absolute atomic E-state index is 0.673. The predicted molar refractivity (Wildman–Crippen MR) is 79.9 cm³/mol. The highest BCUT2D eigenvalue weighted by molar-refractivity contribution is 7.98. The topological polar surface area (TPSA) is 37.8 Å². The van der Waals surface area contributed by atoms with Crippen molar-refractivity contribution in [1.29, 1.82) is 0 Å². The van der Waals surface area contributed by atoms with E-state index in [1.54, 1.807) is 0 Å². The molecule has 0 saturated carbocycles. The minimum atomic E-state index is 0.673. The van der Waals surface area contributed by atoms with E-state index in [0.29, 0.717) is 5.92 Å². The predicted octanol–water partition coefficient (Wildman–Crippen LogP) is 3.09. The van der Waals surface area contributed by atoms with Gasteiger partial charge in [-0.25, -0.2) is 9.97 Å². The molecule has 1 heterocycles. The van der Waals surface area contributed by atoms with Gasteiger partial charge >= 0.3 is 0 Å². The lowest BCUT2D eigenvalue weighted by Gasteiger charge is -2.12. The molecule has 0 amide bonds. The second-order valence-corrected chi connectivity index (χ2v) is 6.23. The van der Waals surface area contributed by atoms with Gasteiger partial charge in [0.2, 0.25) is 0 Å². The van der Waals surface area contributed by atoms with Crippen molar-refractivity contribution < 1.29 is 0 Å². The zero-order valence-corrected chi connectivity index (χ0v) is 13.0. The fraction of sp³-hybridized carbons (Fsp3) is 0.714. The van der Waals surface area contributed by atoms with E-state index in [1.165, 1.54) is 5.56 Å². The van der Waals surface area contributed by atoms with Gasteiger partial charge in [0.05, 0.1) is 5.75 Å². The Kier molecular flexibility index (Phi) is 6.65. The van der Waals surface area contributed by atoms with E-state index in [9.17, 15) is 0 Å². The standard InChI is InChI=1S/C14H25N3S/c1-6-18-9-14-16-11(4)13(12(5)17-14)8-15-7-10(2)3/h10,15H,6-9H2,1-5H3. The van der Waals surface area contributed by atoms with Crippen molar-refractivity contribution in [3.63, 3.8) is 0 Å². The number of hydrogen-bond donors (Lipinski definition) is 1. The first kappa shape index (κ1) is 15.4. The van der Waals surface area contributed by atoms with Gasteiger partial charge in [-0.2, -0.15) is 11.8 Å². The molecule has 1 rings (SSSR count). The van der Waals surface area contributed by atoms with E-state index in [0.717, 1.165) is 41.8 Å². The monoisotopic (exact) mass is 267 g/mol. The van der Waals surface area contributed by atoms with Gasteiger partial charge in [-0.3, -0.25) is 0 Å². The Morgan fingerprint density at radius 3 is 2.28 bits per heavy atom. The Morgan fingerprint density at radius 2 is 1.78 bits per heavy atom. The quantitative estimate of drug-likeness (QED) is 0.824. The maximum Gasteiger partial charge on any atom is 0.138 e. The number of aryl methyl sites for hydroxylation is 2. The van der Waals surface area contributed by atoms with Crippen LogP contribution < -0.4 is 5.32 Å². The summed E-state index contributed by atoms with van der Waals surface area (Å²) in [7, 11) is 0. The van der Waals surface area contributed by atoms with Crippen LogP contribution in [0.1, 0.15) is 43.5 Å². The number of aromatic nitrogens is 2. The average molecular weight is 267 g/mol. The summed E-state index contributed by atoms with van der Waals surface area (Å²) < 4.78 is 0. The van der Waals surface area contributed by atoms with Crippen molar-refractivity contribution in [1.82, 2.24) is 15.3 Å². The fourth-order valence-corrected chi connectivity index (χ4v) is 2.32. The molecule has 0 aromatic carbocycles.